The zero-order valence-corrected chi connectivity index (χ0v) is 17.4. The molecule has 2 rings (SSSR count). The van der Waals surface area contributed by atoms with Gasteiger partial charge in [-0.25, -0.2) is 0 Å². The van der Waals surface area contributed by atoms with E-state index in [-0.39, 0.29) is 22.2 Å². The van der Waals surface area contributed by atoms with Gasteiger partial charge in [0.15, 0.2) is 0 Å². The van der Waals surface area contributed by atoms with Crippen molar-refractivity contribution in [2.75, 3.05) is 30.9 Å². The van der Waals surface area contributed by atoms with Gasteiger partial charge < -0.3 is 15.5 Å². The van der Waals surface area contributed by atoms with Crippen molar-refractivity contribution in [2.45, 2.75) is 13.8 Å². The minimum atomic E-state index is -0.651. The van der Waals surface area contributed by atoms with E-state index >= 15 is 0 Å². The van der Waals surface area contributed by atoms with Crippen LogP contribution in [-0.4, -0.2) is 37.4 Å². The third-order valence-corrected chi connectivity index (χ3v) is 4.38. The summed E-state index contributed by atoms with van der Waals surface area (Å²) in [6.07, 6.45) is 0. The molecule has 0 aliphatic carbocycles. The summed E-state index contributed by atoms with van der Waals surface area (Å²) in [6.45, 7) is 4.51. The standard InChI is InChI=1S/C20H23ClN4O4/c1-12(2)11-22-20(27)15-10-14(6-8-17(15)24(3)4)23-19(26)13-5-7-16(21)18(9-13)25(28)29/h5-10,12H,11H2,1-4H3,(H,22,27)(H,23,26). The number of hydrogen-bond donors (Lipinski definition) is 2. The molecule has 0 aliphatic heterocycles. The van der Waals surface area contributed by atoms with Crippen molar-refractivity contribution < 1.29 is 14.5 Å². The number of carbonyl (C=O) groups excluding carboxylic acids is 2. The Morgan fingerprint density at radius 2 is 1.83 bits per heavy atom. The second-order valence-corrected chi connectivity index (χ2v) is 7.51. The molecular formula is C20H23ClN4O4. The Balaban J connectivity index is 2.30. The molecule has 2 amide bonds. The maximum atomic E-state index is 12.6. The normalized spacial score (nSPS) is 10.6. The van der Waals surface area contributed by atoms with Crippen molar-refractivity contribution >= 4 is 40.5 Å². The zero-order valence-electron chi connectivity index (χ0n) is 16.7. The van der Waals surface area contributed by atoms with Crippen molar-refractivity contribution in [3.05, 3.63) is 62.7 Å². The third kappa shape index (κ3) is 5.68. The van der Waals surface area contributed by atoms with E-state index in [1.165, 1.54) is 12.1 Å². The number of nitrogens with one attached hydrogen (secondary N) is 2. The summed E-state index contributed by atoms with van der Waals surface area (Å²) in [4.78, 5) is 37.3. The molecule has 0 heterocycles. The van der Waals surface area contributed by atoms with Gasteiger partial charge in [-0.1, -0.05) is 25.4 Å². The highest BCUT2D eigenvalue weighted by atomic mass is 35.5. The Labute approximate surface area is 174 Å². The van der Waals surface area contributed by atoms with Crippen LogP contribution in [0.5, 0.6) is 0 Å². The first-order valence-electron chi connectivity index (χ1n) is 8.95. The Morgan fingerprint density at radius 3 is 2.41 bits per heavy atom. The first-order valence-corrected chi connectivity index (χ1v) is 9.32. The van der Waals surface area contributed by atoms with Crippen LogP contribution in [0.4, 0.5) is 17.1 Å². The monoisotopic (exact) mass is 418 g/mol. The van der Waals surface area contributed by atoms with Crippen LogP contribution in [0.1, 0.15) is 34.6 Å². The molecule has 0 saturated carbocycles. The number of hydrogen-bond acceptors (Lipinski definition) is 5. The summed E-state index contributed by atoms with van der Waals surface area (Å²) >= 11 is 5.79. The number of halogens is 1. The molecule has 2 aromatic rings. The van der Waals surface area contributed by atoms with Gasteiger partial charge >= 0.3 is 0 Å². The number of amides is 2. The molecule has 0 aliphatic rings. The second kappa shape index (κ2) is 9.38. The Hall–Kier alpha value is -3.13. The predicted octanol–water partition coefficient (Wildman–Crippen LogP) is 3.95. The number of nitrogens with zero attached hydrogens (tertiary/aromatic N) is 2. The van der Waals surface area contributed by atoms with E-state index in [1.807, 2.05) is 27.9 Å². The van der Waals surface area contributed by atoms with Crippen LogP contribution in [0.2, 0.25) is 5.02 Å². The summed E-state index contributed by atoms with van der Waals surface area (Å²) in [5.41, 5.74) is 1.24. The average molecular weight is 419 g/mol. The van der Waals surface area contributed by atoms with Gasteiger partial charge in [0.25, 0.3) is 17.5 Å². The van der Waals surface area contributed by atoms with Gasteiger partial charge in [0.05, 0.1) is 10.5 Å². The third-order valence-electron chi connectivity index (χ3n) is 4.06. The van der Waals surface area contributed by atoms with Gasteiger partial charge in [-0.3, -0.25) is 19.7 Å². The SMILES string of the molecule is CC(C)CNC(=O)c1cc(NC(=O)c2ccc(Cl)c([N+](=O)[O-])c2)ccc1N(C)C. The molecule has 0 aromatic heterocycles. The van der Waals surface area contributed by atoms with E-state index in [1.54, 1.807) is 23.1 Å². The highest BCUT2D eigenvalue weighted by molar-refractivity contribution is 6.32. The van der Waals surface area contributed by atoms with E-state index in [2.05, 4.69) is 10.6 Å². The van der Waals surface area contributed by atoms with E-state index in [9.17, 15) is 19.7 Å². The van der Waals surface area contributed by atoms with Crippen molar-refractivity contribution in [3.8, 4) is 0 Å². The molecule has 2 N–H and O–H groups in total. The Kier molecular flexibility index (Phi) is 7.17. The zero-order chi connectivity index (χ0) is 21.7. The molecule has 154 valence electrons. The van der Waals surface area contributed by atoms with E-state index in [0.717, 1.165) is 6.07 Å². The fraction of sp³-hybridized carbons (Fsp3) is 0.300. The molecule has 2 aromatic carbocycles. The quantitative estimate of drug-likeness (QED) is 0.523. The molecule has 0 unspecified atom stereocenters. The van der Waals surface area contributed by atoms with Crippen molar-refractivity contribution in [1.29, 1.82) is 0 Å². The van der Waals surface area contributed by atoms with E-state index in [0.29, 0.717) is 29.4 Å². The summed E-state index contributed by atoms with van der Waals surface area (Å²) in [7, 11) is 3.64. The maximum Gasteiger partial charge on any atom is 0.288 e. The van der Waals surface area contributed by atoms with Gasteiger partial charge in [-0.2, -0.15) is 0 Å². The molecule has 8 nitrogen and oxygen atoms in total. The van der Waals surface area contributed by atoms with Gasteiger partial charge in [-0.15, -0.1) is 0 Å². The number of rotatable bonds is 7. The van der Waals surface area contributed by atoms with Crippen LogP contribution in [0.3, 0.4) is 0 Å². The van der Waals surface area contributed by atoms with Crippen LogP contribution < -0.4 is 15.5 Å². The lowest BCUT2D eigenvalue weighted by Crippen LogP contribution is -2.29. The summed E-state index contributed by atoms with van der Waals surface area (Å²) in [6, 6.07) is 8.78. The number of carbonyl (C=O) groups is 2. The molecule has 0 spiro atoms. The maximum absolute atomic E-state index is 12.6. The summed E-state index contributed by atoms with van der Waals surface area (Å²) in [5.74, 6) is -0.498. The van der Waals surface area contributed by atoms with E-state index in [4.69, 9.17) is 11.6 Å². The molecule has 0 fully saturated rings. The molecule has 0 saturated heterocycles. The Bertz CT molecular complexity index is 944. The fourth-order valence-corrected chi connectivity index (χ4v) is 2.76. The number of anilines is 2. The Morgan fingerprint density at radius 1 is 1.14 bits per heavy atom. The van der Waals surface area contributed by atoms with Crippen LogP contribution in [0.25, 0.3) is 0 Å². The van der Waals surface area contributed by atoms with Gasteiger partial charge in [0.1, 0.15) is 5.02 Å². The highest BCUT2D eigenvalue weighted by Gasteiger charge is 2.18. The lowest BCUT2D eigenvalue weighted by molar-refractivity contribution is -0.384. The first kappa shape index (κ1) is 22.2. The molecule has 0 bridgehead atoms. The second-order valence-electron chi connectivity index (χ2n) is 7.11. The summed E-state index contributed by atoms with van der Waals surface area (Å²) < 4.78 is 0. The largest absolute Gasteiger partial charge is 0.377 e. The molecule has 9 heteroatoms. The van der Waals surface area contributed by atoms with Gasteiger partial charge in [0, 0.05) is 43.6 Å². The smallest absolute Gasteiger partial charge is 0.288 e. The van der Waals surface area contributed by atoms with Gasteiger partial charge in [-0.05, 0) is 36.2 Å². The topological polar surface area (TPSA) is 105 Å². The molecule has 0 atom stereocenters. The molecular weight excluding hydrogens is 396 g/mol. The minimum absolute atomic E-state index is 0.0500. The van der Waals surface area contributed by atoms with E-state index < -0.39 is 10.8 Å². The molecule has 29 heavy (non-hydrogen) atoms. The number of benzene rings is 2. The minimum Gasteiger partial charge on any atom is -0.377 e. The van der Waals surface area contributed by atoms with Crippen LogP contribution in [-0.2, 0) is 0 Å². The van der Waals surface area contributed by atoms with Crippen molar-refractivity contribution in [3.63, 3.8) is 0 Å². The lowest BCUT2D eigenvalue weighted by atomic mass is 10.1. The van der Waals surface area contributed by atoms with Crippen molar-refractivity contribution in [1.82, 2.24) is 5.32 Å². The fourth-order valence-electron chi connectivity index (χ4n) is 2.57. The summed E-state index contributed by atoms with van der Waals surface area (Å²) in [5, 5.41) is 16.5. The van der Waals surface area contributed by atoms with Crippen molar-refractivity contribution in [2.24, 2.45) is 5.92 Å². The molecule has 0 radical (unpaired) electrons. The van der Waals surface area contributed by atoms with Crippen LogP contribution in [0.15, 0.2) is 36.4 Å². The number of nitro benzene ring substituents is 1. The lowest BCUT2D eigenvalue weighted by Gasteiger charge is -2.19. The van der Waals surface area contributed by atoms with Gasteiger partial charge in [0.2, 0.25) is 0 Å². The highest BCUT2D eigenvalue weighted by Crippen LogP contribution is 2.27. The average Bonchev–Trinajstić information content (AvgIpc) is 2.65. The van der Waals surface area contributed by atoms with Crippen LogP contribution >= 0.6 is 11.6 Å². The van der Waals surface area contributed by atoms with Crippen LogP contribution in [0, 0.1) is 16.0 Å². The number of nitro groups is 1. The first-order chi connectivity index (χ1) is 13.6. The predicted molar refractivity (Wildman–Crippen MR) is 114 cm³/mol.